The summed E-state index contributed by atoms with van der Waals surface area (Å²) in [7, 11) is 1.66. The Morgan fingerprint density at radius 2 is 1.95 bits per heavy atom. The lowest BCUT2D eigenvalue weighted by Crippen LogP contribution is -2.23. The number of aromatic nitrogens is 3. The quantitative estimate of drug-likeness (QED) is 0.843. The van der Waals surface area contributed by atoms with Gasteiger partial charge in [-0.3, -0.25) is 0 Å². The van der Waals surface area contributed by atoms with Crippen LogP contribution in [0.5, 0.6) is 5.75 Å². The van der Waals surface area contributed by atoms with E-state index < -0.39 is 0 Å². The summed E-state index contributed by atoms with van der Waals surface area (Å²) >= 11 is 0. The summed E-state index contributed by atoms with van der Waals surface area (Å²) < 4.78 is 5.33. The van der Waals surface area contributed by atoms with Gasteiger partial charge in [0.05, 0.1) is 13.3 Å². The first-order valence-corrected chi connectivity index (χ1v) is 7.08. The van der Waals surface area contributed by atoms with E-state index in [0.29, 0.717) is 12.5 Å². The first-order chi connectivity index (χ1) is 10.3. The molecule has 1 aromatic heterocycles. The van der Waals surface area contributed by atoms with Crippen LogP contribution in [0.1, 0.15) is 19.4 Å². The van der Waals surface area contributed by atoms with E-state index >= 15 is 0 Å². The highest BCUT2D eigenvalue weighted by Gasteiger charge is 2.07. The summed E-state index contributed by atoms with van der Waals surface area (Å²) in [6.07, 6.45) is 1.68. The van der Waals surface area contributed by atoms with Crippen molar-refractivity contribution in [1.82, 2.24) is 15.2 Å². The number of anilines is 2. The Kier molecular flexibility index (Phi) is 5.31. The van der Waals surface area contributed by atoms with Gasteiger partial charge in [-0.15, -0.1) is 5.10 Å². The van der Waals surface area contributed by atoms with Gasteiger partial charge in [0.15, 0.2) is 5.82 Å². The van der Waals surface area contributed by atoms with Crippen molar-refractivity contribution >= 4 is 11.8 Å². The van der Waals surface area contributed by atoms with E-state index in [0.717, 1.165) is 30.2 Å². The van der Waals surface area contributed by atoms with Crippen molar-refractivity contribution < 1.29 is 4.74 Å². The lowest BCUT2D eigenvalue weighted by atomic mass is 10.2. The van der Waals surface area contributed by atoms with E-state index in [1.165, 1.54) is 0 Å². The minimum absolute atomic E-state index is 0.519. The Hall–Kier alpha value is -2.37. The molecule has 0 unspecified atom stereocenters. The molecule has 0 atom stereocenters. The van der Waals surface area contributed by atoms with Gasteiger partial charge in [0.25, 0.3) is 0 Å². The lowest BCUT2D eigenvalue weighted by molar-refractivity contribution is 0.410. The fourth-order valence-corrected chi connectivity index (χ4v) is 2.09. The number of nitrogens with one attached hydrogen (secondary N) is 1. The van der Waals surface area contributed by atoms with Crippen molar-refractivity contribution in [3.63, 3.8) is 0 Å². The van der Waals surface area contributed by atoms with Gasteiger partial charge in [-0.25, -0.2) is 0 Å². The van der Waals surface area contributed by atoms with Gasteiger partial charge in [-0.1, -0.05) is 18.2 Å². The average molecular weight is 287 g/mol. The van der Waals surface area contributed by atoms with Crippen LogP contribution in [0.25, 0.3) is 0 Å². The van der Waals surface area contributed by atoms with Crippen molar-refractivity contribution in [1.29, 1.82) is 0 Å². The molecule has 2 aromatic rings. The van der Waals surface area contributed by atoms with Crippen molar-refractivity contribution in [3.8, 4) is 5.75 Å². The molecule has 0 bridgehead atoms. The third-order valence-corrected chi connectivity index (χ3v) is 3.26. The van der Waals surface area contributed by atoms with Crippen molar-refractivity contribution in [3.05, 3.63) is 36.0 Å². The molecule has 0 spiro atoms. The van der Waals surface area contributed by atoms with Crippen molar-refractivity contribution in [2.45, 2.75) is 20.4 Å². The summed E-state index contributed by atoms with van der Waals surface area (Å²) in [6.45, 7) is 6.55. The minimum Gasteiger partial charge on any atom is -0.496 e. The number of benzene rings is 1. The van der Waals surface area contributed by atoms with Crippen LogP contribution in [0.4, 0.5) is 11.8 Å². The fourth-order valence-electron chi connectivity index (χ4n) is 2.09. The standard InChI is InChI=1S/C15H21N5O/c1-4-20(5-2)14-11-17-19-15(18-14)16-10-12-8-6-7-9-13(12)21-3/h6-9,11H,4-5,10H2,1-3H3,(H,16,18,19). The van der Waals surface area contributed by atoms with Gasteiger partial charge < -0.3 is 15.0 Å². The maximum atomic E-state index is 5.33. The Labute approximate surface area is 125 Å². The molecule has 6 heteroatoms. The molecule has 0 radical (unpaired) electrons. The SMILES string of the molecule is CCN(CC)c1cnnc(NCc2ccccc2OC)n1. The second-order valence-electron chi connectivity index (χ2n) is 4.48. The van der Waals surface area contributed by atoms with Crippen LogP contribution >= 0.6 is 0 Å². The zero-order valence-electron chi connectivity index (χ0n) is 12.7. The molecule has 6 nitrogen and oxygen atoms in total. The number of methoxy groups -OCH3 is 1. The van der Waals surface area contributed by atoms with Crippen LogP contribution in [0.15, 0.2) is 30.5 Å². The third kappa shape index (κ3) is 3.81. The second-order valence-corrected chi connectivity index (χ2v) is 4.48. The predicted molar refractivity (Wildman–Crippen MR) is 83.7 cm³/mol. The summed E-state index contributed by atoms with van der Waals surface area (Å²) in [5.74, 6) is 2.20. The highest BCUT2D eigenvalue weighted by Crippen LogP contribution is 2.18. The maximum absolute atomic E-state index is 5.33. The number of nitrogens with zero attached hydrogens (tertiary/aromatic N) is 4. The molecule has 1 N–H and O–H groups in total. The molecule has 1 heterocycles. The molecule has 2 rings (SSSR count). The average Bonchev–Trinajstić information content (AvgIpc) is 2.55. The zero-order chi connectivity index (χ0) is 15.1. The summed E-state index contributed by atoms with van der Waals surface area (Å²) in [6, 6.07) is 7.86. The normalized spacial score (nSPS) is 10.2. The molecule has 21 heavy (non-hydrogen) atoms. The van der Waals surface area contributed by atoms with Gasteiger partial charge in [-0.05, 0) is 19.9 Å². The predicted octanol–water partition coefficient (Wildman–Crippen LogP) is 2.34. The second kappa shape index (κ2) is 7.42. The lowest BCUT2D eigenvalue weighted by Gasteiger charge is -2.19. The van der Waals surface area contributed by atoms with E-state index in [4.69, 9.17) is 4.74 Å². The number of rotatable bonds is 7. The van der Waals surface area contributed by atoms with E-state index in [1.54, 1.807) is 13.3 Å². The Morgan fingerprint density at radius 3 is 2.67 bits per heavy atom. The van der Waals surface area contributed by atoms with Crippen molar-refractivity contribution in [2.75, 3.05) is 30.4 Å². The highest BCUT2D eigenvalue weighted by molar-refractivity contribution is 5.41. The minimum atomic E-state index is 0.519. The first kappa shape index (κ1) is 15.0. The molecule has 0 aliphatic rings. The van der Waals surface area contributed by atoms with Crippen LogP contribution in [0.2, 0.25) is 0 Å². The Balaban J connectivity index is 2.08. The highest BCUT2D eigenvalue weighted by atomic mass is 16.5. The number of ether oxygens (including phenoxy) is 1. The molecular formula is C15H21N5O. The summed E-state index contributed by atoms with van der Waals surface area (Å²) in [4.78, 5) is 6.61. The van der Waals surface area contributed by atoms with Gasteiger partial charge in [0.1, 0.15) is 5.75 Å². The summed E-state index contributed by atoms with van der Waals surface area (Å²) in [5, 5.41) is 11.2. The number of para-hydroxylation sites is 1. The van der Waals surface area contributed by atoms with Gasteiger partial charge in [0, 0.05) is 25.2 Å². The third-order valence-electron chi connectivity index (χ3n) is 3.26. The molecule has 0 amide bonds. The van der Waals surface area contributed by atoms with Crippen LogP contribution in [0.3, 0.4) is 0 Å². The van der Waals surface area contributed by atoms with Crippen LogP contribution in [0, 0.1) is 0 Å². The van der Waals surface area contributed by atoms with E-state index in [1.807, 2.05) is 24.3 Å². The molecule has 0 saturated carbocycles. The van der Waals surface area contributed by atoms with Crippen LogP contribution < -0.4 is 15.0 Å². The van der Waals surface area contributed by atoms with Crippen LogP contribution in [-0.2, 0) is 6.54 Å². The largest absolute Gasteiger partial charge is 0.496 e. The monoisotopic (exact) mass is 287 g/mol. The van der Waals surface area contributed by atoms with E-state index in [-0.39, 0.29) is 0 Å². The zero-order valence-corrected chi connectivity index (χ0v) is 12.7. The first-order valence-electron chi connectivity index (χ1n) is 7.08. The molecule has 112 valence electrons. The maximum Gasteiger partial charge on any atom is 0.244 e. The molecule has 0 aliphatic carbocycles. The van der Waals surface area contributed by atoms with E-state index in [2.05, 4.69) is 39.2 Å². The molecular weight excluding hydrogens is 266 g/mol. The summed E-state index contributed by atoms with van der Waals surface area (Å²) in [5.41, 5.74) is 1.05. The Morgan fingerprint density at radius 1 is 1.19 bits per heavy atom. The molecule has 0 saturated heterocycles. The van der Waals surface area contributed by atoms with Crippen LogP contribution in [-0.4, -0.2) is 35.4 Å². The molecule has 1 aromatic carbocycles. The number of hydrogen-bond acceptors (Lipinski definition) is 6. The van der Waals surface area contributed by atoms with Gasteiger partial charge in [0.2, 0.25) is 5.95 Å². The molecule has 0 aliphatic heterocycles. The van der Waals surface area contributed by atoms with Gasteiger partial charge in [-0.2, -0.15) is 10.1 Å². The topological polar surface area (TPSA) is 63.2 Å². The fraction of sp³-hybridized carbons (Fsp3) is 0.400. The Bertz CT molecular complexity index is 571. The smallest absolute Gasteiger partial charge is 0.244 e. The van der Waals surface area contributed by atoms with Gasteiger partial charge >= 0.3 is 0 Å². The molecule has 0 fully saturated rings. The van der Waals surface area contributed by atoms with Crippen molar-refractivity contribution in [2.24, 2.45) is 0 Å². The number of hydrogen-bond donors (Lipinski definition) is 1. The van der Waals surface area contributed by atoms with E-state index in [9.17, 15) is 0 Å².